The summed E-state index contributed by atoms with van der Waals surface area (Å²) < 4.78 is 79.8. The van der Waals surface area contributed by atoms with E-state index in [1.165, 1.54) is 24.3 Å². The van der Waals surface area contributed by atoms with Crippen LogP contribution in [0.1, 0.15) is 49.5 Å². The van der Waals surface area contributed by atoms with E-state index in [0.717, 1.165) is 37.3 Å². The molecule has 46 heavy (non-hydrogen) atoms. The van der Waals surface area contributed by atoms with Gasteiger partial charge in [0.2, 0.25) is 5.89 Å². The number of oxazole rings is 1. The largest absolute Gasteiger partial charge is 0.486 e. The highest BCUT2D eigenvalue weighted by Gasteiger charge is 2.56. The van der Waals surface area contributed by atoms with Gasteiger partial charge in [-0.05, 0) is 59.3 Å². The zero-order valence-electron chi connectivity index (χ0n) is 23.2. The Morgan fingerprint density at radius 2 is 1.61 bits per heavy atom. The van der Waals surface area contributed by atoms with E-state index in [1.54, 1.807) is 0 Å². The zero-order chi connectivity index (χ0) is 33.7. The van der Waals surface area contributed by atoms with E-state index < -0.39 is 82.3 Å². The number of carbonyl (C=O) groups excluding carboxylic acids is 3. The molecule has 0 spiro atoms. The highest BCUT2D eigenvalue weighted by atomic mass is 79.9. The number of halogens is 6. The number of amides is 3. The molecule has 2 heterocycles. The van der Waals surface area contributed by atoms with Gasteiger partial charge in [0.25, 0.3) is 17.7 Å². The van der Waals surface area contributed by atoms with Gasteiger partial charge < -0.3 is 20.0 Å². The van der Waals surface area contributed by atoms with Crippen molar-refractivity contribution in [2.45, 2.75) is 24.6 Å². The maximum atomic E-state index is 15.2. The average Bonchev–Trinajstić information content (AvgIpc) is 3.49. The van der Waals surface area contributed by atoms with Crippen LogP contribution in [-0.2, 0) is 16.4 Å². The average molecular weight is 708 g/mol. The number of aliphatic carboxylic acids is 1. The van der Waals surface area contributed by atoms with Crippen LogP contribution in [0.2, 0.25) is 0 Å². The summed E-state index contributed by atoms with van der Waals surface area (Å²) in [6.07, 6.45) is -6.45. The van der Waals surface area contributed by atoms with Crippen molar-refractivity contribution in [3.63, 3.8) is 0 Å². The number of primary amides is 1. The van der Waals surface area contributed by atoms with E-state index >= 15 is 4.39 Å². The lowest BCUT2D eigenvalue weighted by molar-refractivity contribution is -0.149. The maximum absolute atomic E-state index is 15.2. The van der Waals surface area contributed by atoms with E-state index in [-0.39, 0.29) is 27.1 Å². The Hall–Kier alpha value is -5.12. The van der Waals surface area contributed by atoms with E-state index in [4.69, 9.17) is 14.9 Å². The van der Waals surface area contributed by atoms with Gasteiger partial charge in [-0.1, -0.05) is 24.3 Å². The Labute approximate surface area is 263 Å². The molecule has 0 fully saturated rings. The van der Waals surface area contributed by atoms with Crippen molar-refractivity contribution in [2.75, 3.05) is 6.54 Å². The standard InChI is InChI=1S/C30H19BrF5N3O7/c1-13(45-19-11-10-18(32)20(21(19)33)24(37)40)29(28(43)44,12-39-25(41)16-4-2-3-5-17(16)26(39)42)27-38-22(23(31)46-27)14-6-8-15(9-7-14)30(34,35)36/h2-11,13H,12H2,1H3,(H2,37,40)(H,43,44). The first-order valence-electron chi connectivity index (χ1n) is 13.1. The van der Waals surface area contributed by atoms with Crippen LogP contribution >= 0.6 is 15.9 Å². The number of alkyl halides is 3. The molecule has 0 saturated carbocycles. The third kappa shape index (κ3) is 5.37. The molecule has 2 unspecified atom stereocenters. The molecule has 10 nitrogen and oxygen atoms in total. The first-order chi connectivity index (χ1) is 21.6. The number of carboxylic acids is 1. The smallest absolute Gasteiger partial charge is 0.416 e. The molecule has 0 bridgehead atoms. The second-order valence-corrected chi connectivity index (χ2v) is 10.8. The fraction of sp³-hybridized carbons (Fsp3) is 0.167. The Bertz CT molecular complexity index is 1880. The molecule has 0 radical (unpaired) electrons. The molecule has 5 rings (SSSR count). The molecule has 3 N–H and O–H groups in total. The highest BCUT2D eigenvalue weighted by molar-refractivity contribution is 9.10. The summed E-state index contributed by atoms with van der Waals surface area (Å²) in [7, 11) is 0. The second kappa shape index (κ2) is 11.7. The molecule has 1 aromatic heterocycles. The molecule has 2 atom stereocenters. The monoisotopic (exact) mass is 707 g/mol. The number of hydrogen-bond acceptors (Lipinski definition) is 7. The molecular formula is C30H19BrF5N3O7. The topological polar surface area (TPSA) is 153 Å². The van der Waals surface area contributed by atoms with Crippen LogP contribution in [0.3, 0.4) is 0 Å². The number of benzene rings is 3. The van der Waals surface area contributed by atoms with E-state index in [1.807, 2.05) is 0 Å². The lowest BCUT2D eigenvalue weighted by atomic mass is 9.81. The second-order valence-electron chi connectivity index (χ2n) is 10.1. The minimum atomic E-state index is -4.65. The van der Waals surface area contributed by atoms with E-state index in [0.29, 0.717) is 11.0 Å². The number of imide groups is 1. The van der Waals surface area contributed by atoms with Crippen molar-refractivity contribution in [2.24, 2.45) is 5.73 Å². The third-order valence-electron chi connectivity index (χ3n) is 7.42. The fourth-order valence-electron chi connectivity index (χ4n) is 4.96. The number of carboxylic acid groups (broad SMARTS) is 1. The number of ether oxygens (including phenoxy) is 1. The molecular weight excluding hydrogens is 689 g/mol. The third-order valence-corrected chi connectivity index (χ3v) is 7.96. The summed E-state index contributed by atoms with van der Waals surface area (Å²) in [4.78, 5) is 56.4. The van der Waals surface area contributed by atoms with E-state index in [2.05, 4.69) is 20.9 Å². The lowest BCUT2D eigenvalue weighted by Gasteiger charge is -2.35. The van der Waals surface area contributed by atoms with Crippen molar-refractivity contribution in [1.82, 2.24) is 9.88 Å². The number of aromatic nitrogens is 1. The summed E-state index contributed by atoms with van der Waals surface area (Å²) in [6.45, 7) is 0.107. The van der Waals surface area contributed by atoms with Crippen LogP contribution in [0.25, 0.3) is 11.3 Å². The minimum absolute atomic E-state index is 0.0323. The predicted octanol–water partition coefficient (Wildman–Crippen LogP) is 5.59. The van der Waals surface area contributed by atoms with Crippen LogP contribution in [0.15, 0.2) is 69.8 Å². The normalized spacial score (nSPS) is 15.0. The Morgan fingerprint density at radius 3 is 2.13 bits per heavy atom. The summed E-state index contributed by atoms with van der Waals surface area (Å²) in [5, 5.41) is 10.7. The number of fused-ring (bicyclic) bond motifs is 1. The molecule has 1 aliphatic rings. The Kier molecular flexibility index (Phi) is 8.19. The molecule has 0 saturated heterocycles. The predicted molar refractivity (Wildman–Crippen MR) is 151 cm³/mol. The molecule has 16 heteroatoms. The van der Waals surface area contributed by atoms with E-state index in [9.17, 15) is 41.8 Å². The SMILES string of the molecule is CC(Oc1ccc(F)c(C(N)=O)c1F)C(CN1C(=O)c2ccccc2C1=O)(C(=O)O)c1nc(-c2ccc(C(F)(F)F)cc2)c(Br)o1. The van der Waals surface area contributed by atoms with Crippen LogP contribution < -0.4 is 10.5 Å². The van der Waals surface area contributed by atoms with Crippen molar-refractivity contribution in [3.05, 3.63) is 105 Å². The van der Waals surface area contributed by atoms with Gasteiger partial charge in [0.1, 0.15) is 23.2 Å². The first kappa shape index (κ1) is 32.3. The Balaban J connectivity index is 1.65. The number of nitrogens with two attached hydrogens (primary N) is 1. The van der Waals surface area contributed by atoms with Crippen LogP contribution in [-0.4, -0.2) is 51.3 Å². The fourth-order valence-corrected chi connectivity index (χ4v) is 5.43. The molecule has 1 aliphatic heterocycles. The van der Waals surface area contributed by atoms with Gasteiger partial charge in [0.15, 0.2) is 21.7 Å². The summed E-state index contributed by atoms with van der Waals surface area (Å²) >= 11 is 3.09. The molecule has 238 valence electrons. The quantitative estimate of drug-likeness (QED) is 0.169. The summed E-state index contributed by atoms with van der Waals surface area (Å²) in [5.41, 5.74) is 0.128. The molecule has 0 aliphatic carbocycles. The van der Waals surface area contributed by atoms with Gasteiger partial charge in [0, 0.05) is 5.56 Å². The Morgan fingerprint density at radius 1 is 1.02 bits per heavy atom. The van der Waals surface area contributed by atoms with Crippen molar-refractivity contribution in [3.8, 4) is 17.0 Å². The molecule has 4 aromatic rings. The van der Waals surface area contributed by atoms with Gasteiger partial charge in [0.05, 0.1) is 23.2 Å². The first-order valence-corrected chi connectivity index (χ1v) is 13.8. The number of rotatable bonds is 9. The number of hydrogen-bond donors (Lipinski definition) is 2. The number of nitrogens with zero attached hydrogens (tertiary/aromatic N) is 2. The maximum Gasteiger partial charge on any atom is 0.416 e. The van der Waals surface area contributed by atoms with Gasteiger partial charge in [-0.2, -0.15) is 13.2 Å². The number of carbonyl (C=O) groups is 4. The zero-order valence-corrected chi connectivity index (χ0v) is 24.8. The molecule has 3 aromatic carbocycles. The summed E-state index contributed by atoms with van der Waals surface area (Å²) in [6, 6.07) is 10.7. The van der Waals surface area contributed by atoms with Gasteiger partial charge >= 0.3 is 12.1 Å². The van der Waals surface area contributed by atoms with Crippen LogP contribution in [0.5, 0.6) is 5.75 Å². The van der Waals surface area contributed by atoms with Gasteiger partial charge in [-0.25, -0.2) is 13.8 Å². The lowest BCUT2D eigenvalue weighted by Crippen LogP contribution is -2.56. The van der Waals surface area contributed by atoms with Crippen molar-refractivity contribution >= 4 is 39.6 Å². The minimum Gasteiger partial charge on any atom is -0.486 e. The van der Waals surface area contributed by atoms with Gasteiger partial charge in [-0.3, -0.25) is 24.1 Å². The van der Waals surface area contributed by atoms with Crippen molar-refractivity contribution < 1.29 is 55.4 Å². The highest BCUT2D eigenvalue weighted by Crippen LogP contribution is 2.40. The molecule has 3 amide bonds. The van der Waals surface area contributed by atoms with Gasteiger partial charge in [-0.15, -0.1) is 0 Å². The van der Waals surface area contributed by atoms with Crippen LogP contribution in [0, 0.1) is 11.6 Å². The summed E-state index contributed by atoms with van der Waals surface area (Å²) in [5.74, 6) is -9.43. The van der Waals surface area contributed by atoms with Crippen molar-refractivity contribution in [1.29, 1.82) is 0 Å². The van der Waals surface area contributed by atoms with Crippen LogP contribution in [0.4, 0.5) is 22.0 Å².